The van der Waals surface area contributed by atoms with Crippen LogP contribution in [0.25, 0.3) is 0 Å². The van der Waals surface area contributed by atoms with E-state index in [2.05, 4.69) is 49.0 Å². The van der Waals surface area contributed by atoms with Crippen LogP contribution >= 0.6 is 11.3 Å². The average Bonchev–Trinajstić information content (AvgIpc) is 2.73. The van der Waals surface area contributed by atoms with Crippen molar-refractivity contribution < 1.29 is 0 Å². The van der Waals surface area contributed by atoms with E-state index in [1.807, 2.05) is 11.3 Å². The molecule has 0 aliphatic rings. The van der Waals surface area contributed by atoms with Gasteiger partial charge in [0.1, 0.15) is 0 Å². The van der Waals surface area contributed by atoms with Crippen LogP contribution in [-0.4, -0.2) is 4.57 Å². The van der Waals surface area contributed by atoms with Crippen molar-refractivity contribution in [2.45, 2.75) is 27.3 Å². The van der Waals surface area contributed by atoms with Crippen molar-refractivity contribution in [1.82, 2.24) is 4.57 Å². The molecule has 2 rings (SSSR count). The van der Waals surface area contributed by atoms with Crippen LogP contribution in [0, 0.1) is 20.8 Å². The van der Waals surface area contributed by atoms with Crippen molar-refractivity contribution in [3.8, 4) is 0 Å². The maximum Gasteiger partial charge on any atom is 0.0566 e. The summed E-state index contributed by atoms with van der Waals surface area (Å²) in [6.45, 7) is 7.57. The number of aromatic nitrogens is 1. The van der Waals surface area contributed by atoms with E-state index in [0.29, 0.717) is 0 Å². The molecule has 1 nitrogen and oxygen atoms in total. The molecular weight excluding hydrogens is 190 g/mol. The van der Waals surface area contributed by atoms with E-state index in [0.717, 1.165) is 6.54 Å². The van der Waals surface area contributed by atoms with Gasteiger partial charge in [0, 0.05) is 16.8 Å². The third kappa shape index (κ3) is 1.62. The van der Waals surface area contributed by atoms with Gasteiger partial charge in [-0.1, -0.05) is 6.07 Å². The molecule has 0 unspecified atom stereocenters. The Bertz CT molecular complexity index is 423. The molecule has 2 heteroatoms. The first-order valence-corrected chi connectivity index (χ1v) is 5.72. The standard InChI is InChI=1S/C12H15NS/c1-9-7-13(11(3)10(9)2)8-12-5-4-6-14-12/h4-7H,8H2,1-3H3. The molecule has 0 amide bonds. The highest BCUT2D eigenvalue weighted by atomic mass is 32.1. The van der Waals surface area contributed by atoms with Gasteiger partial charge in [-0.05, 0) is 43.3 Å². The predicted molar refractivity (Wildman–Crippen MR) is 62.1 cm³/mol. The van der Waals surface area contributed by atoms with Crippen molar-refractivity contribution in [2.24, 2.45) is 0 Å². The molecule has 14 heavy (non-hydrogen) atoms. The van der Waals surface area contributed by atoms with Crippen molar-refractivity contribution in [2.75, 3.05) is 0 Å². The van der Waals surface area contributed by atoms with Crippen molar-refractivity contribution in [3.63, 3.8) is 0 Å². The van der Waals surface area contributed by atoms with E-state index in [9.17, 15) is 0 Å². The zero-order chi connectivity index (χ0) is 10.1. The lowest BCUT2D eigenvalue weighted by Crippen LogP contribution is -1.98. The van der Waals surface area contributed by atoms with Gasteiger partial charge in [0.05, 0.1) is 6.54 Å². The third-order valence-corrected chi connectivity index (χ3v) is 3.68. The van der Waals surface area contributed by atoms with Crippen molar-refractivity contribution in [1.29, 1.82) is 0 Å². The minimum absolute atomic E-state index is 1.01. The monoisotopic (exact) mass is 205 g/mol. The molecule has 0 aromatic carbocycles. The molecule has 0 saturated carbocycles. The summed E-state index contributed by atoms with van der Waals surface area (Å²) in [4.78, 5) is 1.42. The van der Waals surface area contributed by atoms with Crippen molar-refractivity contribution in [3.05, 3.63) is 45.4 Å². The van der Waals surface area contributed by atoms with Gasteiger partial charge in [-0.15, -0.1) is 11.3 Å². The summed E-state index contributed by atoms with van der Waals surface area (Å²) in [6.07, 6.45) is 2.24. The molecule has 0 bridgehead atoms. The zero-order valence-electron chi connectivity index (χ0n) is 8.87. The maximum atomic E-state index is 2.33. The molecule has 0 aliphatic heterocycles. The normalized spacial score (nSPS) is 10.8. The average molecular weight is 205 g/mol. The topological polar surface area (TPSA) is 4.93 Å². The summed E-state index contributed by atoms with van der Waals surface area (Å²) >= 11 is 1.82. The SMILES string of the molecule is Cc1cn(Cc2cccs2)c(C)c1C. The van der Waals surface area contributed by atoms with Crippen molar-refractivity contribution >= 4 is 11.3 Å². The number of hydrogen-bond donors (Lipinski definition) is 0. The molecule has 2 aromatic heterocycles. The van der Waals surface area contributed by atoms with Gasteiger partial charge in [0.15, 0.2) is 0 Å². The molecule has 0 fully saturated rings. The molecule has 74 valence electrons. The molecule has 0 atom stereocenters. The number of hydrogen-bond acceptors (Lipinski definition) is 1. The number of rotatable bonds is 2. The molecule has 0 N–H and O–H groups in total. The fraction of sp³-hybridized carbons (Fsp3) is 0.333. The Morgan fingerprint density at radius 3 is 2.57 bits per heavy atom. The lowest BCUT2D eigenvalue weighted by atomic mass is 10.2. The lowest BCUT2D eigenvalue weighted by molar-refractivity contribution is 0.783. The molecular formula is C12H15NS. The van der Waals surface area contributed by atoms with E-state index < -0.39 is 0 Å². The van der Waals surface area contributed by atoms with Crippen LogP contribution in [-0.2, 0) is 6.54 Å². The summed E-state index contributed by atoms with van der Waals surface area (Å²) in [5, 5.41) is 2.13. The highest BCUT2D eigenvalue weighted by Gasteiger charge is 2.05. The van der Waals surface area contributed by atoms with Gasteiger partial charge >= 0.3 is 0 Å². The van der Waals surface area contributed by atoms with Crippen LogP contribution in [0.1, 0.15) is 21.7 Å². The summed E-state index contributed by atoms with van der Waals surface area (Å²) in [7, 11) is 0. The van der Waals surface area contributed by atoms with Gasteiger partial charge in [-0.2, -0.15) is 0 Å². The first kappa shape index (κ1) is 9.53. The Balaban J connectivity index is 2.30. The zero-order valence-corrected chi connectivity index (χ0v) is 9.69. The number of thiophene rings is 1. The van der Waals surface area contributed by atoms with E-state index >= 15 is 0 Å². The van der Waals surface area contributed by atoms with E-state index in [-0.39, 0.29) is 0 Å². The Morgan fingerprint density at radius 1 is 1.29 bits per heavy atom. The Kier molecular flexibility index (Phi) is 2.46. The highest BCUT2D eigenvalue weighted by molar-refractivity contribution is 7.09. The van der Waals surface area contributed by atoms with Gasteiger partial charge in [-0.25, -0.2) is 0 Å². The fourth-order valence-corrected chi connectivity index (χ4v) is 2.37. The third-order valence-electron chi connectivity index (χ3n) is 2.82. The second-order valence-corrected chi connectivity index (χ2v) is 4.76. The van der Waals surface area contributed by atoms with Crippen LogP contribution in [0.15, 0.2) is 23.7 Å². The number of aryl methyl sites for hydroxylation is 1. The largest absolute Gasteiger partial charge is 0.346 e. The fourth-order valence-electron chi connectivity index (χ4n) is 1.66. The minimum Gasteiger partial charge on any atom is -0.346 e. The van der Waals surface area contributed by atoms with Crippen LogP contribution in [0.3, 0.4) is 0 Å². The van der Waals surface area contributed by atoms with Crippen LogP contribution in [0.5, 0.6) is 0 Å². The molecule has 2 aromatic rings. The smallest absolute Gasteiger partial charge is 0.0566 e. The Hall–Kier alpha value is -1.02. The lowest BCUT2D eigenvalue weighted by Gasteiger charge is -2.03. The minimum atomic E-state index is 1.01. The van der Waals surface area contributed by atoms with Crippen LogP contribution < -0.4 is 0 Å². The van der Waals surface area contributed by atoms with Gasteiger partial charge in [-0.3, -0.25) is 0 Å². The maximum absolute atomic E-state index is 2.33. The molecule has 2 heterocycles. The number of nitrogens with zero attached hydrogens (tertiary/aromatic N) is 1. The summed E-state index contributed by atoms with van der Waals surface area (Å²) in [6, 6.07) is 4.30. The molecule has 0 radical (unpaired) electrons. The first-order chi connectivity index (χ1) is 6.68. The van der Waals surface area contributed by atoms with Gasteiger partial charge < -0.3 is 4.57 Å². The predicted octanol–water partition coefficient (Wildman–Crippen LogP) is 3.52. The molecule has 0 spiro atoms. The summed E-state index contributed by atoms with van der Waals surface area (Å²) < 4.78 is 2.33. The van der Waals surface area contributed by atoms with E-state index in [1.165, 1.54) is 21.7 Å². The summed E-state index contributed by atoms with van der Waals surface area (Å²) in [5.41, 5.74) is 4.19. The molecule has 0 aliphatic carbocycles. The van der Waals surface area contributed by atoms with Gasteiger partial charge in [0.25, 0.3) is 0 Å². The first-order valence-electron chi connectivity index (χ1n) is 4.84. The van der Waals surface area contributed by atoms with Crippen LogP contribution in [0.2, 0.25) is 0 Å². The Morgan fingerprint density at radius 2 is 2.07 bits per heavy atom. The highest BCUT2D eigenvalue weighted by Crippen LogP contribution is 2.18. The van der Waals surface area contributed by atoms with Gasteiger partial charge in [0.2, 0.25) is 0 Å². The quantitative estimate of drug-likeness (QED) is 0.707. The van der Waals surface area contributed by atoms with E-state index in [1.54, 1.807) is 0 Å². The van der Waals surface area contributed by atoms with Crippen LogP contribution in [0.4, 0.5) is 0 Å². The summed E-state index contributed by atoms with van der Waals surface area (Å²) in [5.74, 6) is 0. The van der Waals surface area contributed by atoms with E-state index in [4.69, 9.17) is 0 Å². The second-order valence-electron chi connectivity index (χ2n) is 3.73. The second kappa shape index (κ2) is 3.62. The molecule has 0 saturated heterocycles. The Labute approximate surface area is 89.0 Å².